The molecule has 2 aliphatic rings. The molecule has 0 saturated heterocycles. The van der Waals surface area contributed by atoms with E-state index in [-0.39, 0.29) is 11.9 Å². The van der Waals surface area contributed by atoms with Gasteiger partial charge in [0.1, 0.15) is 5.76 Å². The molecule has 23 heavy (non-hydrogen) atoms. The third kappa shape index (κ3) is 2.61. The van der Waals surface area contributed by atoms with Crippen LogP contribution in [0.2, 0.25) is 0 Å². The first-order chi connectivity index (χ1) is 10.9. The molecule has 3 heteroatoms. The van der Waals surface area contributed by atoms with Crippen molar-refractivity contribution in [3.05, 3.63) is 40.1 Å². The van der Waals surface area contributed by atoms with Crippen molar-refractivity contribution in [3.8, 4) is 0 Å². The summed E-state index contributed by atoms with van der Waals surface area (Å²) in [5, 5.41) is 11.0. The van der Waals surface area contributed by atoms with Crippen LogP contribution in [0.15, 0.2) is 17.9 Å². The Labute approximate surface area is 138 Å². The fourth-order valence-corrected chi connectivity index (χ4v) is 4.59. The van der Waals surface area contributed by atoms with Gasteiger partial charge in [-0.05, 0) is 63.1 Å². The third-order valence-electron chi connectivity index (χ3n) is 5.58. The molecule has 1 aromatic carbocycles. The first-order valence-electron chi connectivity index (χ1n) is 8.46. The smallest absolute Gasteiger partial charge is 0.167 e. The predicted octanol–water partition coefficient (Wildman–Crippen LogP) is 4.43. The van der Waals surface area contributed by atoms with Crippen LogP contribution >= 0.6 is 0 Å². The minimum atomic E-state index is -0.408. The molecule has 0 aliphatic heterocycles. The second-order valence-corrected chi connectivity index (χ2v) is 7.33. The number of Topliss-reactive ketones (excluding diaryl/α,β-unsaturated/α-hetero) is 1. The van der Waals surface area contributed by atoms with Gasteiger partial charge < -0.3 is 9.84 Å². The number of rotatable bonds is 2. The van der Waals surface area contributed by atoms with Crippen molar-refractivity contribution in [2.24, 2.45) is 5.41 Å². The molecule has 2 aliphatic carbocycles. The first kappa shape index (κ1) is 16.3. The lowest BCUT2D eigenvalue weighted by atomic mass is 9.71. The molecular formula is C20H26O3. The maximum Gasteiger partial charge on any atom is 0.167 e. The normalized spacial score (nSPS) is 28.0. The Hall–Kier alpha value is -1.61. The number of hydrogen-bond acceptors (Lipinski definition) is 3. The zero-order valence-electron chi connectivity index (χ0n) is 14.5. The van der Waals surface area contributed by atoms with Gasteiger partial charge in [-0.25, -0.2) is 0 Å². The van der Waals surface area contributed by atoms with Gasteiger partial charge in [-0.3, -0.25) is 4.79 Å². The molecular weight excluding hydrogens is 288 g/mol. The highest BCUT2D eigenvalue weighted by atomic mass is 16.5. The zero-order chi connectivity index (χ0) is 16.8. The number of hydrogen-bond donors (Lipinski definition) is 1. The van der Waals surface area contributed by atoms with Crippen LogP contribution in [0, 0.1) is 26.2 Å². The number of carbonyl (C=O) groups is 1. The van der Waals surface area contributed by atoms with E-state index in [4.69, 9.17) is 4.74 Å². The van der Waals surface area contributed by atoms with Crippen molar-refractivity contribution in [2.45, 2.75) is 59.0 Å². The van der Waals surface area contributed by atoms with Crippen molar-refractivity contribution in [1.29, 1.82) is 0 Å². The number of methoxy groups -OCH3 is 1. The Morgan fingerprint density at radius 1 is 1.22 bits per heavy atom. The van der Waals surface area contributed by atoms with E-state index < -0.39 is 5.41 Å². The maximum atomic E-state index is 12.8. The molecule has 0 bridgehead atoms. The van der Waals surface area contributed by atoms with Gasteiger partial charge in [0, 0.05) is 18.9 Å². The Kier molecular flexibility index (Phi) is 4.09. The van der Waals surface area contributed by atoms with E-state index in [0.717, 1.165) is 42.4 Å². The summed E-state index contributed by atoms with van der Waals surface area (Å²) in [4.78, 5) is 12.8. The summed E-state index contributed by atoms with van der Waals surface area (Å²) >= 11 is 0. The molecule has 0 heterocycles. The van der Waals surface area contributed by atoms with Crippen LogP contribution in [-0.4, -0.2) is 24.1 Å². The van der Waals surface area contributed by atoms with Gasteiger partial charge in [0.15, 0.2) is 5.78 Å². The largest absolute Gasteiger partial charge is 0.511 e. The molecule has 0 amide bonds. The van der Waals surface area contributed by atoms with E-state index in [1.165, 1.54) is 5.56 Å². The lowest BCUT2D eigenvalue weighted by Crippen LogP contribution is -2.32. The molecule has 3 nitrogen and oxygen atoms in total. The highest BCUT2D eigenvalue weighted by molar-refractivity contribution is 6.24. The standard InChI is InChI=1S/C20H26O3/c1-12-8-13(2)17(14(3)9-12)18-16(21)11-20(19(18)22)7-5-6-15(10-20)23-4/h8-9,15,22H,5-7,10-11H2,1-4H3/t15-,20+/m1/s1. The van der Waals surface area contributed by atoms with E-state index in [9.17, 15) is 9.90 Å². The van der Waals surface area contributed by atoms with Crippen LogP contribution < -0.4 is 0 Å². The Morgan fingerprint density at radius 3 is 2.48 bits per heavy atom. The number of benzene rings is 1. The Morgan fingerprint density at radius 2 is 1.87 bits per heavy atom. The average Bonchev–Trinajstić information content (AvgIpc) is 2.70. The van der Waals surface area contributed by atoms with Gasteiger partial charge in [-0.1, -0.05) is 17.7 Å². The highest BCUT2D eigenvalue weighted by Gasteiger charge is 2.49. The van der Waals surface area contributed by atoms with Gasteiger partial charge in [-0.15, -0.1) is 0 Å². The van der Waals surface area contributed by atoms with Crippen LogP contribution in [0.3, 0.4) is 0 Å². The third-order valence-corrected chi connectivity index (χ3v) is 5.58. The van der Waals surface area contributed by atoms with Gasteiger partial charge in [0.2, 0.25) is 0 Å². The molecule has 0 aromatic heterocycles. The Balaban J connectivity index is 2.10. The quantitative estimate of drug-likeness (QED) is 0.878. The zero-order valence-corrected chi connectivity index (χ0v) is 14.5. The van der Waals surface area contributed by atoms with Gasteiger partial charge >= 0.3 is 0 Å². The number of carbonyl (C=O) groups excluding carboxylic acids is 1. The summed E-state index contributed by atoms with van der Waals surface area (Å²) in [5.41, 5.74) is 4.38. The molecule has 1 saturated carbocycles. The van der Waals surface area contributed by atoms with Crippen molar-refractivity contribution >= 4 is 11.4 Å². The highest BCUT2D eigenvalue weighted by Crippen LogP contribution is 2.53. The van der Waals surface area contributed by atoms with E-state index in [1.54, 1.807) is 7.11 Å². The molecule has 0 unspecified atom stereocenters. The number of ketones is 1. The van der Waals surface area contributed by atoms with Crippen LogP contribution in [0.1, 0.15) is 54.4 Å². The average molecular weight is 314 g/mol. The van der Waals surface area contributed by atoms with E-state index in [2.05, 4.69) is 19.1 Å². The fourth-order valence-electron chi connectivity index (χ4n) is 4.59. The predicted molar refractivity (Wildman–Crippen MR) is 91.5 cm³/mol. The van der Waals surface area contributed by atoms with Crippen LogP contribution in [-0.2, 0) is 9.53 Å². The van der Waals surface area contributed by atoms with E-state index in [1.807, 2.05) is 13.8 Å². The first-order valence-corrected chi connectivity index (χ1v) is 8.46. The van der Waals surface area contributed by atoms with Gasteiger partial charge in [-0.2, -0.15) is 0 Å². The van der Waals surface area contributed by atoms with Crippen LogP contribution in [0.5, 0.6) is 0 Å². The molecule has 0 radical (unpaired) electrons. The van der Waals surface area contributed by atoms with Crippen molar-refractivity contribution in [2.75, 3.05) is 7.11 Å². The molecule has 1 aromatic rings. The minimum absolute atomic E-state index is 0.0781. The molecule has 124 valence electrons. The molecule has 1 spiro atoms. The maximum absolute atomic E-state index is 12.8. The van der Waals surface area contributed by atoms with Crippen molar-refractivity contribution < 1.29 is 14.6 Å². The topological polar surface area (TPSA) is 46.5 Å². The van der Waals surface area contributed by atoms with Gasteiger partial charge in [0.05, 0.1) is 11.7 Å². The molecule has 1 N–H and O–H groups in total. The Bertz CT molecular complexity index is 663. The second-order valence-electron chi connectivity index (χ2n) is 7.33. The number of aliphatic hydroxyl groups is 1. The monoisotopic (exact) mass is 314 g/mol. The fraction of sp³-hybridized carbons (Fsp3) is 0.550. The second kappa shape index (κ2) is 5.79. The lowest BCUT2D eigenvalue weighted by molar-refractivity contribution is -0.115. The van der Waals surface area contributed by atoms with Crippen LogP contribution in [0.25, 0.3) is 5.57 Å². The molecule has 2 atom stereocenters. The van der Waals surface area contributed by atoms with Crippen LogP contribution in [0.4, 0.5) is 0 Å². The number of ether oxygens (including phenoxy) is 1. The van der Waals surface area contributed by atoms with Crippen molar-refractivity contribution in [3.63, 3.8) is 0 Å². The SMILES string of the molecule is CO[C@@H]1CCC[C@@]2(CC(=O)C(c3c(C)cc(C)cc3C)=C2O)C1. The lowest BCUT2D eigenvalue weighted by Gasteiger charge is -2.37. The summed E-state index contributed by atoms with van der Waals surface area (Å²) in [5.74, 6) is 0.383. The summed E-state index contributed by atoms with van der Waals surface area (Å²) in [6, 6.07) is 4.17. The number of aliphatic hydroxyl groups excluding tert-OH is 1. The summed E-state index contributed by atoms with van der Waals surface area (Å²) < 4.78 is 5.52. The number of aryl methyl sites for hydroxylation is 3. The summed E-state index contributed by atoms with van der Waals surface area (Å²) in [6.07, 6.45) is 4.18. The van der Waals surface area contributed by atoms with Gasteiger partial charge in [0.25, 0.3) is 0 Å². The minimum Gasteiger partial charge on any atom is -0.511 e. The summed E-state index contributed by atoms with van der Waals surface area (Å²) in [7, 11) is 1.72. The summed E-state index contributed by atoms with van der Waals surface area (Å²) in [6.45, 7) is 6.10. The van der Waals surface area contributed by atoms with Crippen molar-refractivity contribution in [1.82, 2.24) is 0 Å². The molecule has 3 rings (SSSR count). The molecule has 1 fully saturated rings. The number of allylic oxidation sites excluding steroid dienone is 2. The van der Waals surface area contributed by atoms with E-state index >= 15 is 0 Å². The van der Waals surface area contributed by atoms with E-state index in [0.29, 0.717) is 17.8 Å².